The number of rotatable bonds is 3. The number of aromatic nitrogens is 5. The van der Waals surface area contributed by atoms with Gasteiger partial charge in [0.15, 0.2) is 11.6 Å². The Morgan fingerprint density at radius 3 is 2.96 bits per heavy atom. The van der Waals surface area contributed by atoms with E-state index in [0.29, 0.717) is 25.7 Å². The van der Waals surface area contributed by atoms with E-state index in [0.717, 1.165) is 39.9 Å². The first-order valence-corrected chi connectivity index (χ1v) is 8.95. The summed E-state index contributed by atoms with van der Waals surface area (Å²) in [6.07, 6.45) is 1.84. The third-order valence-electron chi connectivity index (χ3n) is 4.93. The quantitative estimate of drug-likeness (QED) is 0.556. The van der Waals surface area contributed by atoms with Crippen molar-refractivity contribution in [2.45, 2.75) is 33.0 Å². The summed E-state index contributed by atoms with van der Waals surface area (Å²) < 4.78 is 15.3. The summed E-state index contributed by atoms with van der Waals surface area (Å²) in [5.41, 5.74) is 4.99. The maximum atomic E-state index is 5.78. The van der Waals surface area contributed by atoms with Gasteiger partial charge in [0.05, 0.1) is 24.0 Å². The van der Waals surface area contributed by atoms with E-state index in [9.17, 15) is 0 Å². The van der Waals surface area contributed by atoms with Gasteiger partial charge in [0, 0.05) is 12.7 Å². The number of benzene rings is 1. The molecule has 5 rings (SSSR count). The minimum Gasteiger partial charge on any atom is -0.474 e. The van der Waals surface area contributed by atoms with Gasteiger partial charge in [0.1, 0.15) is 25.2 Å². The Morgan fingerprint density at radius 2 is 2.19 bits per heavy atom. The second-order valence-electron chi connectivity index (χ2n) is 6.98. The summed E-state index contributed by atoms with van der Waals surface area (Å²) in [6.45, 7) is 5.66. The average Bonchev–Trinajstić information content (AvgIpc) is 3.34. The van der Waals surface area contributed by atoms with Gasteiger partial charge in [-0.05, 0) is 26.0 Å². The first-order chi connectivity index (χ1) is 13.2. The molecule has 0 fully saturated rings. The lowest BCUT2D eigenvalue weighted by molar-refractivity contribution is 0.174. The molecule has 2 aromatic heterocycles. The third-order valence-corrected chi connectivity index (χ3v) is 4.93. The van der Waals surface area contributed by atoms with E-state index in [1.165, 1.54) is 0 Å². The van der Waals surface area contributed by atoms with Gasteiger partial charge in [-0.3, -0.25) is 4.57 Å². The van der Waals surface area contributed by atoms with Crippen molar-refractivity contribution in [1.82, 2.24) is 24.3 Å². The molecule has 8 heteroatoms. The highest BCUT2D eigenvalue weighted by Gasteiger charge is 2.29. The van der Waals surface area contributed by atoms with Gasteiger partial charge >= 0.3 is 0 Å². The van der Waals surface area contributed by atoms with Gasteiger partial charge in [-0.25, -0.2) is 9.98 Å². The fourth-order valence-electron chi connectivity index (χ4n) is 3.64. The molecule has 0 spiro atoms. The normalized spacial score (nSPS) is 17.6. The van der Waals surface area contributed by atoms with Crippen molar-refractivity contribution in [3.8, 4) is 17.1 Å². The molecule has 0 radical (unpaired) electrons. The van der Waals surface area contributed by atoms with Crippen molar-refractivity contribution in [2.75, 3.05) is 13.7 Å². The zero-order chi connectivity index (χ0) is 18.5. The molecule has 0 saturated carbocycles. The van der Waals surface area contributed by atoms with Crippen LogP contribution in [-0.4, -0.2) is 50.0 Å². The molecule has 4 heterocycles. The minimum absolute atomic E-state index is 0.146. The van der Waals surface area contributed by atoms with Crippen LogP contribution in [0.5, 0.6) is 0 Å². The summed E-state index contributed by atoms with van der Waals surface area (Å²) >= 11 is 0. The van der Waals surface area contributed by atoms with Gasteiger partial charge in [-0.15, -0.1) is 10.2 Å². The molecule has 138 valence electrons. The van der Waals surface area contributed by atoms with Crippen molar-refractivity contribution in [1.29, 1.82) is 0 Å². The molecule has 0 unspecified atom stereocenters. The minimum atomic E-state index is 0.146. The van der Waals surface area contributed by atoms with Crippen LogP contribution in [0.15, 0.2) is 29.5 Å². The van der Waals surface area contributed by atoms with Crippen molar-refractivity contribution < 1.29 is 9.47 Å². The van der Waals surface area contributed by atoms with E-state index in [1.54, 1.807) is 7.11 Å². The number of methoxy groups -OCH3 is 1. The summed E-state index contributed by atoms with van der Waals surface area (Å²) in [4.78, 5) is 9.23. The number of imidazole rings is 1. The Balaban J connectivity index is 1.76. The van der Waals surface area contributed by atoms with Crippen molar-refractivity contribution >= 4 is 5.90 Å². The largest absolute Gasteiger partial charge is 0.474 e. The van der Waals surface area contributed by atoms with Crippen LogP contribution in [0, 0.1) is 6.92 Å². The maximum Gasteiger partial charge on any atom is 0.237 e. The molecule has 2 aliphatic rings. The summed E-state index contributed by atoms with van der Waals surface area (Å²) in [5, 5.41) is 8.81. The zero-order valence-electron chi connectivity index (χ0n) is 15.5. The molecule has 0 saturated heterocycles. The highest BCUT2D eigenvalue weighted by molar-refractivity contribution is 5.94. The molecule has 0 aliphatic carbocycles. The van der Waals surface area contributed by atoms with Crippen LogP contribution < -0.4 is 0 Å². The van der Waals surface area contributed by atoms with E-state index in [2.05, 4.69) is 54.4 Å². The molecule has 3 aromatic rings. The fraction of sp³-hybridized carbons (Fsp3) is 0.368. The first kappa shape index (κ1) is 16.2. The first-order valence-electron chi connectivity index (χ1n) is 8.95. The fourth-order valence-corrected chi connectivity index (χ4v) is 3.64. The lowest BCUT2D eigenvalue weighted by Crippen LogP contribution is -2.13. The molecule has 2 aliphatic heterocycles. The molecule has 8 nitrogen and oxygen atoms in total. The van der Waals surface area contributed by atoms with Crippen LogP contribution >= 0.6 is 0 Å². The predicted octanol–water partition coefficient (Wildman–Crippen LogP) is 2.11. The van der Waals surface area contributed by atoms with E-state index in [-0.39, 0.29) is 6.04 Å². The molecular formula is C19H20N6O2. The van der Waals surface area contributed by atoms with Gasteiger partial charge < -0.3 is 14.0 Å². The molecule has 1 aromatic carbocycles. The van der Waals surface area contributed by atoms with Crippen molar-refractivity contribution in [2.24, 2.45) is 4.99 Å². The van der Waals surface area contributed by atoms with Crippen molar-refractivity contribution in [3.63, 3.8) is 0 Å². The summed E-state index contributed by atoms with van der Waals surface area (Å²) in [7, 11) is 1.66. The summed E-state index contributed by atoms with van der Waals surface area (Å²) in [6, 6.07) is 6.47. The Hall–Kier alpha value is -3.00. The third kappa shape index (κ3) is 2.48. The lowest BCUT2D eigenvalue weighted by atomic mass is 10.1. The van der Waals surface area contributed by atoms with Gasteiger partial charge in [-0.1, -0.05) is 11.6 Å². The van der Waals surface area contributed by atoms with E-state index < -0.39 is 0 Å². The van der Waals surface area contributed by atoms with Crippen LogP contribution in [0.1, 0.15) is 29.7 Å². The lowest BCUT2D eigenvalue weighted by Gasteiger charge is -2.09. The average molecular weight is 364 g/mol. The molecule has 0 bridgehead atoms. The van der Waals surface area contributed by atoms with E-state index in [4.69, 9.17) is 9.47 Å². The Morgan fingerprint density at radius 1 is 1.30 bits per heavy atom. The number of aliphatic imine (C=N–C) groups is 1. The second-order valence-corrected chi connectivity index (χ2v) is 6.98. The SMILES string of the molecule is COCc1nnc2n1Cc1c(C3=N[C@@H](C)CO3)ncn1-c1ccc(C)cc1-2. The number of nitrogens with zero attached hydrogens (tertiary/aromatic N) is 6. The number of hydrogen-bond donors (Lipinski definition) is 0. The van der Waals surface area contributed by atoms with Crippen LogP contribution in [0.2, 0.25) is 0 Å². The predicted molar refractivity (Wildman–Crippen MR) is 99.1 cm³/mol. The number of fused-ring (bicyclic) bond motifs is 5. The maximum absolute atomic E-state index is 5.78. The standard InChI is InChI=1S/C19H20N6O2/c1-11-4-5-14-13(6-11)18-23-22-16(9-26-3)24(18)7-15-17(20-10-25(14)15)19-21-12(2)8-27-19/h4-6,10,12H,7-9H2,1-3H3/t12-/m0/s1. The monoisotopic (exact) mass is 364 g/mol. The highest BCUT2D eigenvalue weighted by Crippen LogP contribution is 2.33. The highest BCUT2D eigenvalue weighted by atomic mass is 16.5. The van der Waals surface area contributed by atoms with Crippen LogP contribution in [0.3, 0.4) is 0 Å². The topological polar surface area (TPSA) is 79.3 Å². The summed E-state index contributed by atoms with van der Waals surface area (Å²) in [5.74, 6) is 2.22. The van der Waals surface area contributed by atoms with Crippen LogP contribution in [0.4, 0.5) is 0 Å². The van der Waals surface area contributed by atoms with Crippen LogP contribution in [-0.2, 0) is 22.6 Å². The molecular weight excluding hydrogens is 344 g/mol. The zero-order valence-corrected chi connectivity index (χ0v) is 15.5. The Bertz CT molecular complexity index is 1060. The number of aryl methyl sites for hydroxylation is 1. The van der Waals surface area contributed by atoms with E-state index in [1.807, 2.05) is 13.3 Å². The Kier molecular flexibility index (Phi) is 3.61. The molecule has 0 N–H and O–H groups in total. The van der Waals surface area contributed by atoms with Gasteiger partial charge in [-0.2, -0.15) is 0 Å². The van der Waals surface area contributed by atoms with E-state index >= 15 is 0 Å². The second kappa shape index (κ2) is 6.02. The molecule has 27 heavy (non-hydrogen) atoms. The van der Waals surface area contributed by atoms with Gasteiger partial charge in [0.25, 0.3) is 0 Å². The van der Waals surface area contributed by atoms with Crippen molar-refractivity contribution in [3.05, 3.63) is 47.3 Å². The van der Waals surface area contributed by atoms with Crippen LogP contribution in [0.25, 0.3) is 17.1 Å². The number of ether oxygens (including phenoxy) is 2. The smallest absolute Gasteiger partial charge is 0.237 e. The molecule has 1 atom stereocenters. The Labute approximate surface area is 156 Å². The number of hydrogen-bond acceptors (Lipinski definition) is 6. The molecule has 0 amide bonds. The van der Waals surface area contributed by atoms with Gasteiger partial charge in [0.2, 0.25) is 5.90 Å².